The first kappa shape index (κ1) is 15.4. The maximum atomic E-state index is 11.9. The molecule has 1 rings (SSSR count). The van der Waals surface area contributed by atoms with E-state index in [9.17, 15) is 12.6 Å². The van der Waals surface area contributed by atoms with Crippen LogP contribution in [0, 0.1) is 6.92 Å². The smallest absolute Gasteiger partial charge is 0.242 e. The summed E-state index contributed by atoms with van der Waals surface area (Å²) in [6.07, 6.45) is 1.51. The van der Waals surface area contributed by atoms with Gasteiger partial charge < -0.3 is 5.73 Å². The number of rotatable bonds is 5. The molecule has 0 radical (unpaired) electrons. The van der Waals surface area contributed by atoms with Crippen molar-refractivity contribution in [2.24, 2.45) is 0 Å². The molecule has 1 atom stereocenters. The van der Waals surface area contributed by atoms with Crippen LogP contribution in [0.1, 0.15) is 5.56 Å². The van der Waals surface area contributed by atoms with Gasteiger partial charge >= 0.3 is 0 Å². The third-order valence-corrected chi connectivity index (χ3v) is 5.00. The topological polar surface area (TPSA) is 89.3 Å². The van der Waals surface area contributed by atoms with Gasteiger partial charge in [-0.05, 0) is 24.6 Å². The molecular formula is C10H15ClN2O3S2. The molecule has 0 fully saturated rings. The summed E-state index contributed by atoms with van der Waals surface area (Å²) in [4.78, 5) is -0.0610. The second-order valence-corrected chi connectivity index (χ2v) is 7.51. The van der Waals surface area contributed by atoms with Crippen molar-refractivity contribution in [3.8, 4) is 0 Å². The van der Waals surface area contributed by atoms with E-state index in [1.807, 2.05) is 0 Å². The number of nitrogen functional groups attached to an aromatic ring is 1. The second kappa shape index (κ2) is 6.01. The van der Waals surface area contributed by atoms with E-state index < -0.39 is 20.8 Å². The van der Waals surface area contributed by atoms with E-state index in [2.05, 4.69) is 4.72 Å². The van der Waals surface area contributed by atoms with E-state index in [0.717, 1.165) is 0 Å². The highest BCUT2D eigenvalue weighted by atomic mass is 35.5. The molecule has 0 saturated carbocycles. The van der Waals surface area contributed by atoms with Crippen LogP contribution in [0.3, 0.4) is 0 Å². The van der Waals surface area contributed by atoms with Gasteiger partial charge in [0.2, 0.25) is 10.0 Å². The lowest BCUT2D eigenvalue weighted by Gasteiger charge is -2.10. The summed E-state index contributed by atoms with van der Waals surface area (Å²) in [5, 5.41) is 0.117. The number of sulfonamides is 1. The van der Waals surface area contributed by atoms with E-state index in [0.29, 0.717) is 11.3 Å². The molecule has 0 bridgehead atoms. The molecule has 1 unspecified atom stereocenters. The van der Waals surface area contributed by atoms with Gasteiger partial charge in [-0.15, -0.1) is 0 Å². The van der Waals surface area contributed by atoms with Gasteiger partial charge in [0.1, 0.15) is 4.90 Å². The minimum absolute atomic E-state index is 0.0610. The number of nitrogens with two attached hydrogens (primary N) is 1. The molecule has 0 saturated heterocycles. The lowest BCUT2D eigenvalue weighted by molar-refractivity contribution is 0.584. The van der Waals surface area contributed by atoms with E-state index in [4.69, 9.17) is 17.3 Å². The Morgan fingerprint density at radius 2 is 2.06 bits per heavy atom. The van der Waals surface area contributed by atoms with Crippen molar-refractivity contribution in [3.63, 3.8) is 0 Å². The Bertz CT molecular complexity index is 573. The normalized spacial score (nSPS) is 13.5. The molecule has 0 amide bonds. The average molecular weight is 311 g/mol. The molecule has 8 heteroatoms. The first-order valence-electron chi connectivity index (χ1n) is 5.09. The highest BCUT2D eigenvalue weighted by Gasteiger charge is 2.18. The number of aryl methyl sites for hydroxylation is 1. The molecule has 18 heavy (non-hydrogen) atoms. The fraction of sp³-hybridized carbons (Fsp3) is 0.400. The molecule has 0 aliphatic carbocycles. The van der Waals surface area contributed by atoms with Crippen LogP contribution in [0.2, 0.25) is 5.02 Å². The van der Waals surface area contributed by atoms with Crippen molar-refractivity contribution in [1.82, 2.24) is 4.72 Å². The number of nitrogens with one attached hydrogen (secondary N) is 1. The van der Waals surface area contributed by atoms with Crippen molar-refractivity contribution in [1.29, 1.82) is 0 Å². The van der Waals surface area contributed by atoms with Crippen LogP contribution >= 0.6 is 11.6 Å². The monoisotopic (exact) mass is 310 g/mol. The van der Waals surface area contributed by atoms with E-state index >= 15 is 0 Å². The molecule has 5 nitrogen and oxygen atoms in total. The van der Waals surface area contributed by atoms with Crippen molar-refractivity contribution in [2.75, 3.05) is 24.3 Å². The summed E-state index contributed by atoms with van der Waals surface area (Å²) in [7, 11) is -4.78. The van der Waals surface area contributed by atoms with Crippen LogP contribution in [-0.4, -0.2) is 31.2 Å². The molecule has 0 aromatic heterocycles. The van der Waals surface area contributed by atoms with Gasteiger partial charge in [-0.1, -0.05) is 11.6 Å². The first-order chi connectivity index (χ1) is 8.24. The summed E-state index contributed by atoms with van der Waals surface area (Å²) < 4.78 is 37.1. The number of hydrogen-bond donors (Lipinski definition) is 2. The third kappa shape index (κ3) is 3.94. The van der Waals surface area contributed by atoms with Crippen LogP contribution in [0.25, 0.3) is 0 Å². The van der Waals surface area contributed by atoms with E-state index in [1.54, 1.807) is 6.92 Å². The Balaban J connectivity index is 2.98. The predicted molar refractivity (Wildman–Crippen MR) is 74.7 cm³/mol. The minimum Gasteiger partial charge on any atom is -0.398 e. The van der Waals surface area contributed by atoms with Crippen LogP contribution in [0.15, 0.2) is 17.0 Å². The van der Waals surface area contributed by atoms with Gasteiger partial charge in [0.25, 0.3) is 0 Å². The number of halogens is 1. The van der Waals surface area contributed by atoms with Gasteiger partial charge in [0.05, 0.1) is 5.02 Å². The third-order valence-electron chi connectivity index (χ3n) is 2.29. The fourth-order valence-corrected chi connectivity index (χ4v) is 3.44. The van der Waals surface area contributed by atoms with E-state index in [1.165, 1.54) is 18.4 Å². The van der Waals surface area contributed by atoms with Crippen molar-refractivity contribution in [2.45, 2.75) is 11.8 Å². The van der Waals surface area contributed by atoms with Crippen LogP contribution in [-0.2, 0) is 20.8 Å². The zero-order valence-electron chi connectivity index (χ0n) is 10.1. The Kier molecular flexibility index (Phi) is 5.15. The molecule has 1 aromatic rings. The van der Waals surface area contributed by atoms with E-state index in [-0.39, 0.29) is 22.2 Å². The Hall–Kier alpha value is -0.630. The lowest BCUT2D eigenvalue weighted by atomic mass is 10.2. The van der Waals surface area contributed by atoms with Crippen LogP contribution in [0.5, 0.6) is 0 Å². The van der Waals surface area contributed by atoms with Gasteiger partial charge in [-0.25, -0.2) is 13.1 Å². The Morgan fingerprint density at radius 3 is 2.61 bits per heavy atom. The first-order valence-corrected chi connectivity index (χ1v) is 8.68. The zero-order chi connectivity index (χ0) is 13.9. The largest absolute Gasteiger partial charge is 0.398 e. The van der Waals surface area contributed by atoms with Crippen molar-refractivity contribution < 1.29 is 12.6 Å². The van der Waals surface area contributed by atoms with Gasteiger partial charge in [-0.2, -0.15) is 0 Å². The maximum absolute atomic E-state index is 11.9. The fourth-order valence-electron chi connectivity index (χ4n) is 1.27. The molecule has 3 N–H and O–H groups in total. The molecule has 0 spiro atoms. The average Bonchev–Trinajstić information content (AvgIpc) is 2.22. The summed E-state index contributed by atoms with van der Waals surface area (Å²) in [5.41, 5.74) is 6.74. The van der Waals surface area contributed by atoms with Crippen molar-refractivity contribution >= 4 is 38.1 Å². The number of anilines is 1. The Morgan fingerprint density at radius 1 is 1.44 bits per heavy atom. The highest BCUT2D eigenvalue weighted by Crippen LogP contribution is 2.26. The summed E-state index contributed by atoms with van der Waals surface area (Å²) in [6.45, 7) is 1.83. The highest BCUT2D eigenvalue weighted by molar-refractivity contribution is 7.89. The molecule has 0 heterocycles. The van der Waals surface area contributed by atoms with Crippen LogP contribution < -0.4 is 10.5 Å². The SMILES string of the molecule is Cc1cc(Cl)c(S(=O)(=O)NCCS(C)=O)cc1N. The molecule has 0 aliphatic rings. The lowest BCUT2D eigenvalue weighted by Crippen LogP contribution is -2.28. The molecule has 0 aliphatic heterocycles. The summed E-state index contributed by atoms with van der Waals surface area (Å²) >= 11 is 5.89. The van der Waals surface area contributed by atoms with Gasteiger partial charge in [0, 0.05) is 35.0 Å². The number of hydrogen-bond acceptors (Lipinski definition) is 4. The second-order valence-electron chi connectivity index (χ2n) is 3.81. The standard InChI is InChI=1S/C10H15ClN2O3S2/c1-7-5-8(11)10(6-9(7)12)18(15,16)13-3-4-17(2)14/h5-6,13H,3-4,12H2,1-2H3. The molecule has 1 aromatic carbocycles. The van der Waals surface area contributed by atoms with Gasteiger partial charge in [-0.3, -0.25) is 4.21 Å². The summed E-state index contributed by atoms with van der Waals surface area (Å²) in [6, 6.07) is 2.83. The maximum Gasteiger partial charge on any atom is 0.242 e. The molecule has 102 valence electrons. The molecular weight excluding hydrogens is 296 g/mol. The predicted octanol–water partition coefficient (Wildman–Crippen LogP) is 0.887. The number of benzene rings is 1. The summed E-state index contributed by atoms with van der Waals surface area (Å²) in [5.74, 6) is 0.248. The quantitative estimate of drug-likeness (QED) is 0.790. The zero-order valence-corrected chi connectivity index (χ0v) is 12.5. The minimum atomic E-state index is -3.72. The van der Waals surface area contributed by atoms with Crippen molar-refractivity contribution in [3.05, 3.63) is 22.7 Å². The van der Waals surface area contributed by atoms with Crippen LogP contribution in [0.4, 0.5) is 5.69 Å². The Labute approximate surface area is 114 Å². The van der Waals surface area contributed by atoms with Gasteiger partial charge in [0.15, 0.2) is 0 Å².